The highest BCUT2D eigenvalue weighted by Crippen LogP contribution is 2.22. The van der Waals surface area contributed by atoms with Crippen LogP contribution in [0, 0.1) is 0 Å². The zero-order valence-corrected chi connectivity index (χ0v) is 11.4. The van der Waals surface area contributed by atoms with Crippen LogP contribution in [-0.4, -0.2) is 23.9 Å². The van der Waals surface area contributed by atoms with Gasteiger partial charge in [-0.2, -0.15) is 0 Å². The van der Waals surface area contributed by atoms with Gasteiger partial charge in [-0.25, -0.2) is 0 Å². The average molecular weight is 264 g/mol. The monoisotopic (exact) mass is 264 g/mol. The topological polar surface area (TPSA) is 110 Å². The van der Waals surface area contributed by atoms with Gasteiger partial charge in [0.1, 0.15) is 0 Å². The Morgan fingerprint density at radius 1 is 1.26 bits per heavy atom. The number of primary amides is 1. The number of hydrogen-bond acceptors (Lipinski definition) is 4. The summed E-state index contributed by atoms with van der Waals surface area (Å²) in [6.45, 7) is 5.68. The molecule has 0 bridgehead atoms. The molecule has 0 aromatic heterocycles. The van der Waals surface area contributed by atoms with E-state index in [9.17, 15) is 9.59 Å². The van der Waals surface area contributed by atoms with Crippen molar-refractivity contribution in [3.05, 3.63) is 23.8 Å². The zero-order chi connectivity index (χ0) is 14.6. The van der Waals surface area contributed by atoms with Crippen LogP contribution in [-0.2, 0) is 4.79 Å². The molecule has 0 aliphatic heterocycles. The largest absolute Gasteiger partial charge is 0.397 e. The van der Waals surface area contributed by atoms with Gasteiger partial charge in [-0.05, 0) is 32.9 Å². The van der Waals surface area contributed by atoms with E-state index in [1.54, 1.807) is 18.2 Å². The van der Waals surface area contributed by atoms with Crippen molar-refractivity contribution in [2.45, 2.75) is 26.3 Å². The van der Waals surface area contributed by atoms with Crippen LogP contribution in [0.15, 0.2) is 18.2 Å². The summed E-state index contributed by atoms with van der Waals surface area (Å²) < 4.78 is 0. The fourth-order valence-electron chi connectivity index (χ4n) is 1.60. The summed E-state index contributed by atoms with van der Waals surface area (Å²) in [7, 11) is 0. The highest BCUT2D eigenvalue weighted by atomic mass is 16.2. The average Bonchev–Trinajstić information content (AvgIpc) is 2.24. The number of amides is 2. The molecule has 19 heavy (non-hydrogen) atoms. The van der Waals surface area contributed by atoms with E-state index in [1.165, 1.54) is 0 Å². The predicted molar refractivity (Wildman–Crippen MR) is 75.8 cm³/mol. The molecule has 0 saturated heterocycles. The first-order valence-corrected chi connectivity index (χ1v) is 5.94. The Morgan fingerprint density at radius 3 is 2.42 bits per heavy atom. The maximum Gasteiger partial charge on any atom is 0.250 e. The summed E-state index contributed by atoms with van der Waals surface area (Å²) in [4.78, 5) is 23.0. The van der Waals surface area contributed by atoms with Crippen molar-refractivity contribution >= 4 is 23.2 Å². The van der Waals surface area contributed by atoms with E-state index >= 15 is 0 Å². The van der Waals surface area contributed by atoms with E-state index in [2.05, 4.69) is 10.6 Å². The van der Waals surface area contributed by atoms with E-state index in [-0.39, 0.29) is 23.6 Å². The van der Waals surface area contributed by atoms with Gasteiger partial charge < -0.3 is 22.1 Å². The van der Waals surface area contributed by atoms with E-state index in [1.807, 2.05) is 20.8 Å². The van der Waals surface area contributed by atoms with E-state index < -0.39 is 5.91 Å². The molecular weight excluding hydrogens is 244 g/mol. The Bertz CT molecular complexity index is 492. The van der Waals surface area contributed by atoms with Gasteiger partial charge in [-0.15, -0.1) is 0 Å². The quantitative estimate of drug-likeness (QED) is 0.600. The van der Waals surface area contributed by atoms with Crippen LogP contribution in [0.4, 0.5) is 11.4 Å². The Balaban J connectivity index is 2.78. The standard InChI is InChI=1S/C13H20N4O2/c1-13(2,3)17-10(18)7-16-11-8(12(15)19)5-4-6-9(11)14/h4-6,16H,7,14H2,1-3H3,(H2,15,19)(H,17,18). The zero-order valence-electron chi connectivity index (χ0n) is 11.4. The molecule has 0 fully saturated rings. The van der Waals surface area contributed by atoms with Crippen molar-refractivity contribution in [1.29, 1.82) is 0 Å². The normalized spacial score (nSPS) is 10.9. The fourth-order valence-corrected chi connectivity index (χ4v) is 1.60. The van der Waals surface area contributed by atoms with Crippen molar-refractivity contribution in [3.63, 3.8) is 0 Å². The molecule has 1 aromatic rings. The number of nitrogen functional groups attached to an aromatic ring is 1. The summed E-state index contributed by atoms with van der Waals surface area (Å²) in [5, 5.41) is 5.65. The van der Waals surface area contributed by atoms with Crippen molar-refractivity contribution in [2.24, 2.45) is 5.73 Å². The number of anilines is 2. The number of carbonyl (C=O) groups excluding carboxylic acids is 2. The Labute approximate surface area is 112 Å². The molecule has 0 aliphatic rings. The Morgan fingerprint density at radius 2 is 1.89 bits per heavy atom. The number of carbonyl (C=O) groups is 2. The molecule has 0 spiro atoms. The first-order chi connectivity index (χ1) is 8.70. The minimum absolute atomic E-state index is 0.0196. The third kappa shape index (κ3) is 4.50. The maximum absolute atomic E-state index is 11.7. The molecule has 6 N–H and O–H groups in total. The van der Waals surface area contributed by atoms with Crippen LogP contribution in [0.1, 0.15) is 31.1 Å². The Hall–Kier alpha value is -2.24. The number of nitrogens with one attached hydrogen (secondary N) is 2. The van der Waals surface area contributed by atoms with Gasteiger partial charge >= 0.3 is 0 Å². The number of nitrogens with two attached hydrogens (primary N) is 2. The van der Waals surface area contributed by atoms with Gasteiger partial charge in [-0.3, -0.25) is 9.59 Å². The highest BCUT2D eigenvalue weighted by molar-refractivity contribution is 6.01. The summed E-state index contributed by atoms with van der Waals surface area (Å²) in [6, 6.07) is 4.83. The number of rotatable bonds is 4. The van der Waals surface area contributed by atoms with E-state index in [4.69, 9.17) is 11.5 Å². The maximum atomic E-state index is 11.7. The van der Waals surface area contributed by atoms with Gasteiger partial charge in [0.25, 0.3) is 5.91 Å². The molecule has 0 unspecified atom stereocenters. The van der Waals surface area contributed by atoms with Crippen LogP contribution < -0.4 is 22.1 Å². The lowest BCUT2D eigenvalue weighted by Crippen LogP contribution is -2.43. The first kappa shape index (κ1) is 14.8. The lowest BCUT2D eigenvalue weighted by Gasteiger charge is -2.21. The van der Waals surface area contributed by atoms with Crippen LogP contribution in [0.25, 0.3) is 0 Å². The van der Waals surface area contributed by atoms with E-state index in [0.717, 1.165) is 0 Å². The second kappa shape index (κ2) is 5.60. The second-order valence-corrected chi connectivity index (χ2v) is 5.29. The fraction of sp³-hybridized carbons (Fsp3) is 0.385. The van der Waals surface area contributed by atoms with Crippen LogP contribution in [0.2, 0.25) is 0 Å². The molecule has 0 heterocycles. The molecule has 1 rings (SSSR count). The van der Waals surface area contributed by atoms with Gasteiger partial charge in [0, 0.05) is 5.54 Å². The van der Waals surface area contributed by atoms with Gasteiger partial charge in [0.05, 0.1) is 23.5 Å². The number of benzene rings is 1. The summed E-state index contributed by atoms with van der Waals surface area (Å²) in [5.74, 6) is -0.780. The van der Waals surface area contributed by atoms with Crippen molar-refractivity contribution < 1.29 is 9.59 Å². The minimum atomic E-state index is -0.592. The number of para-hydroxylation sites is 1. The molecular formula is C13H20N4O2. The molecule has 0 radical (unpaired) electrons. The third-order valence-corrected chi connectivity index (χ3v) is 2.30. The molecule has 1 aromatic carbocycles. The second-order valence-electron chi connectivity index (χ2n) is 5.29. The molecule has 6 nitrogen and oxygen atoms in total. The van der Waals surface area contributed by atoms with Gasteiger partial charge in [-0.1, -0.05) is 6.07 Å². The van der Waals surface area contributed by atoms with Crippen molar-refractivity contribution in [2.75, 3.05) is 17.6 Å². The van der Waals surface area contributed by atoms with Crippen LogP contribution in [0.5, 0.6) is 0 Å². The molecule has 2 amide bonds. The van der Waals surface area contributed by atoms with Crippen molar-refractivity contribution in [3.8, 4) is 0 Å². The van der Waals surface area contributed by atoms with Gasteiger partial charge in [0.15, 0.2) is 0 Å². The lowest BCUT2D eigenvalue weighted by molar-refractivity contribution is -0.120. The summed E-state index contributed by atoms with van der Waals surface area (Å²) in [6.07, 6.45) is 0. The van der Waals surface area contributed by atoms with Crippen molar-refractivity contribution in [1.82, 2.24) is 5.32 Å². The van der Waals surface area contributed by atoms with E-state index in [0.29, 0.717) is 11.4 Å². The summed E-state index contributed by atoms with van der Waals surface area (Å²) >= 11 is 0. The van der Waals surface area contributed by atoms with Crippen LogP contribution in [0.3, 0.4) is 0 Å². The third-order valence-electron chi connectivity index (χ3n) is 2.30. The molecule has 0 atom stereocenters. The molecule has 0 saturated carbocycles. The highest BCUT2D eigenvalue weighted by Gasteiger charge is 2.15. The SMILES string of the molecule is CC(C)(C)NC(=O)CNc1c(N)cccc1C(N)=O. The summed E-state index contributed by atoms with van der Waals surface area (Å²) in [5.41, 5.74) is 11.7. The minimum Gasteiger partial charge on any atom is -0.397 e. The molecule has 6 heteroatoms. The lowest BCUT2D eigenvalue weighted by atomic mass is 10.1. The molecule has 0 aliphatic carbocycles. The molecule has 104 valence electrons. The first-order valence-electron chi connectivity index (χ1n) is 5.94. The Kier molecular flexibility index (Phi) is 4.37. The van der Waals surface area contributed by atoms with Crippen LogP contribution >= 0.6 is 0 Å². The predicted octanol–water partition coefficient (Wildman–Crippen LogP) is 0.694. The van der Waals surface area contributed by atoms with Gasteiger partial charge in [0.2, 0.25) is 5.91 Å². The smallest absolute Gasteiger partial charge is 0.250 e. The number of hydrogen-bond donors (Lipinski definition) is 4.